The van der Waals surface area contributed by atoms with Crippen molar-refractivity contribution >= 4 is 44.9 Å². The molecular weight excluding hydrogens is 476 g/mol. The fourth-order valence-electron chi connectivity index (χ4n) is 4.07. The summed E-state index contributed by atoms with van der Waals surface area (Å²) in [6.07, 6.45) is 5.23. The summed E-state index contributed by atoms with van der Waals surface area (Å²) in [6, 6.07) is 13.2. The summed E-state index contributed by atoms with van der Waals surface area (Å²) in [5, 5.41) is 4.06. The van der Waals surface area contributed by atoms with Crippen molar-refractivity contribution in [3.05, 3.63) is 73.2 Å². The summed E-state index contributed by atoms with van der Waals surface area (Å²) in [7, 11) is -0.666. The van der Waals surface area contributed by atoms with Crippen molar-refractivity contribution in [2.75, 3.05) is 43.4 Å². The molecular formula is C25H26N8O2S. The molecule has 1 fully saturated rings. The molecule has 0 aliphatic carbocycles. The Balaban J connectivity index is 1.40. The summed E-state index contributed by atoms with van der Waals surface area (Å²) in [6.45, 7) is 7.76. The lowest BCUT2D eigenvalue weighted by Crippen LogP contribution is -2.44. The highest BCUT2D eigenvalue weighted by Gasteiger charge is 2.15. The van der Waals surface area contributed by atoms with Gasteiger partial charge in [0.15, 0.2) is 0 Å². The monoisotopic (exact) mass is 502 g/mol. The second-order valence-electron chi connectivity index (χ2n) is 8.54. The highest BCUT2D eigenvalue weighted by Crippen LogP contribution is 2.28. The Morgan fingerprint density at radius 3 is 2.58 bits per heavy atom. The van der Waals surface area contributed by atoms with Crippen molar-refractivity contribution in [2.45, 2.75) is 0 Å². The molecule has 184 valence electrons. The van der Waals surface area contributed by atoms with Gasteiger partial charge in [0.2, 0.25) is 16.8 Å². The van der Waals surface area contributed by atoms with Crippen molar-refractivity contribution in [2.24, 2.45) is 0 Å². The first-order valence-corrected chi connectivity index (χ1v) is 12.6. The molecule has 1 aliphatic rings. The van der Waals surface area contributed by atoms with Crippen LogP contribution in [-0.4, -0.2) is 66.5 Å². The molecule has 0 radical (unpaired) electrons. The second kappa shape index (κ2) is 10.3. The SMILES string of the molecule is C=C(N[SH](=O)=O)c1cccc(-c2nccc3cnc(Nc4ccc(N5CCN(C)CC5)nc4)nc23)c1. The third-order valence-corrected chi connectivity index (χ3v) is 6.49. The van der Waals surface area contributed by atoms with E-state index in [-0.39, 0.29) is 5.70 Å². The lowest BCUT2D eigenvalue weighted by atomic mass is 10.0. The Kier molecular flexibility index (Phi) is 6.74. The molecule has 0 saturated carbocycles. The standard InChI is InChI=1S/C25H26N8O2S/c1-17(31-36(34)35)18-4-3-5-19(14-18)23-24-20(8-9-26-23)15-28-25(30-24)29-21-6-7-22(27-16-21)33-12-10-32(2)11-13-33/h3-9,14-16,36H,1,10-13H2,2H3,(H,28,29,30)(H,31,34,35). The van der Waals surface area contributed by atoms with Gasteiger partial charge >= 0.3 is 0 Å². The topological polar surface area (TPSA) is 116 Å². The molecule has 1 aliphatic heterocycles. The van der Waals surface area contributed by atoms with Gasteiger partial charge in [-0.3, -0.25) is 9.71 Å². The van der Waals surface area contributed by atoms with Gasteiger partial charge in [0.05, 0.1) is 17.6 Å². The molecule has 10 nitrogen and oxygen atoms in total. The average molecular weight is 503 g/mol. The molecule has 11 heteroatoms. The summed E-state index contributed by atoms with van der Waals surface area (Å²) >= 11 is 0. The van der Waals surface area contributed by atoms with E-state index >= 15 is 0 Å². The number of pyridine rings is 2. The Morgan fingerprint density at radius 1 is 1.00 bits per heavy atom. The van der Waals surface area contributed by atoms with E-state index in [0.717, 1.165) is 48.6 Å². The van der Waals surface area contributed by atoms with Crippen LogP contribution >= 0.6 is 0 Å². The number of hydrogen-bond acceptors (Lipinski definition) is 9. The highest BCUT2D eigenvalue weighted by atomic mass is 32.2. The van der Waals surface area contributed by atoms with E-state index in [1.807, 2.05) is 36.4 Å². The van der Waals surface area contributed by atoms with E-state index < -0.39 is 10.9 Å². The molecule has 5 rings (SSSR count). The van der Waals surface area contributed by atoms with Crippen LogP contribution in [0.4, 0.5) is 17.5 Å². The zero-order chi connectivity index (χ0) is 25.1. The molecule has 1 saturated heterocycles. The van der Waals surface area contributed by atoms with Crippen LogP contribution in [0.3, 0.4) is 0 Å². The average Bonchev–Trinajstić information content (AvgIpc) is 2.89. The van der Waals surface area contributed by atoms with Crippen LogP contribution in [0.1, 0.15) is 5.56 Å². The van der Waals surface area contributed by atoms with Crippen LogP contribution in [-0.2, 0) is 10.9 Å². The van der Waals surface area contributed by atoms with Crippen molar-refractivity contribution in [3.63, 3.8) is 0 Å². The van der Waals surface area contributed by atoms with Gasteiger partial charge in [-0.25, -0.2) is 23.4 Å². The molecule has 0 spiro atoms. The van der Waals surface area contributed by atoms with Gasteiger partial charge in [-0.05, 0) is 36.9 Å². The van der Waals surface area contributed by atoms with Gasteiger partial charge < -0.3 is 15.1 Å². The number of aromatic nitrogens is 4. The number of piperazine rings is 1. The Bertz CT molecular complexity index is 1470. The molecule has 0 bridgehead atoms. The van der Waals surface area contributed by atoms with E-state index in [0.29, 0.717) is 22.7 Å². The molecule has 36 heavy (non-hydrogen) atoms. The molecule has 2 N–H and O–H groups in total. The summed E-state index contributed by atoms with van der Waals surface area (Å²) in [5.74, 6) is 1.38. The molecule has 0 atom stereocenters. The quantitative estimate of drug-likeness (QED) is 0.328. The number of nitrogens with one attached hydrogen (secondary N) is 2. The van der Waals surface area contributed by atoms with E-state index in [9.17, 15) is 8.42 Å². The number of fused-ring (bicyclic) bond motifs is 1. The van der Waals surface area contributed by atoms with Gasteiger partial charge in [-0.15, -0.1) is 0 Å². The fourth-order valence-corrected chi connectivity index (χ4v) is 4.42. The van der Waals surface area contributed by atoms with Crippen molar-refractivity contribution < 1.29 is 8.42 Å². The third kappa shape index (κ3) is 5.26. The number of hydrogen-bond donors (Lipinski definition) is 3. The predicted octanol–water partition coefficient (Wildman–Crippen LogP) is 2.67. The maximum Gasteiger partial charge on any atom is 0.227 e. The number of thiol groups is 1. The summed E-state index contributed by atoms with van der Waals surface area (Å²) in [4.78, 5) is 22.9. The van der Waals surface area contributed by atoms with Crippen molar-refractivity contribution in [1.82, 2.24) is 29.6 Å². The predicted molar refractivity (Wildman–Crippen MR) is 142 cm³/mol. The van der Waals surface area contributed by atoms with Gasteiger partial charge in [0, 0.05) is 55.2 Å². The maximum atomic E-state index is 11.0. The Labute approximate surface area is 210 Å². The minimum atomic E-state index is -2.80. The van der Waals surface area contributed by atoms with Crippen LogP contribution < -0.4 is 14.9 Å². The minimum Gasteiger partial charge on any atom is -0.354 e. The molecule has 4 aromatic rings. The lowest BCUT2D eigenvalue weighted by Gasteiger charge is -2.33. The molecule has 0 unspecified atom stereocenters. The van der Waals surface area contributed by atoms with Crippen molar-refractivity contribution in [3.8, 4) is 11.3 Å². The third-order valence-electron chi connectivity index (χ3n) is 6.04. The second-order valence-corrected chi connectivity index (χ2v) is 9.28. The van der Waals surface area contributed by atoms with Gasteiger partial charge in [-0.2, -0.15) is 0 Å². The normalized spacial score (nSPS) is 14.2. The molecule has 4 heterocycles. The van der Waals surface area contributed by atoms with E-state index in [1.165, 1.54) is 0 Å². The number of rotatable bonds is 7. The van der Waals surface area contributed by atoms with E-state index in [4.69, 9.17) is 4.98 Å². The Morgan fingerprint density at radius 2 is 1.83 bits per heavy atom. The zero-order valence-corrected chi connectivity index (χ0v) is 20.7. The first-order chi connectivity index (χ1) is 17.5. The fraction of sp³-hybridized carbons (Fsp3) is 0.200. The first kappa shape index (κ1) is 23.6. The molecule has 3 aromatic heterocycles. The van der Waals surface area contributed by atoms with Crippen LogP contribution in [0.5, 0.6) is 0 Å². The Hall–Kier alpha value is -4.09. The van der Waals surface area contributed by atoms with Gasteiger partial charge in [0.25, 0.3) is 0 Å². The maximum absolute atomic E-state index is 11.0. The molecule has 0 amide bonds. The number of likely N-dealkylation sites (N-methyl/N-ethyl adjacent to an activating group) is 1. The van der Waals surface area contributed by atoms with Gasteiger partial charge in [-0.1, -0.05) is 24.8 Å². The first-order valence-electron chi connectivity index (χ1n) is 11.5. The van der Waals surface area contributed by atoms with E-state index in [1.54, 1.807) is 24.7 Å². The number of nitrogens with zero attached hydrogens (tertiary/aromatic N) is 6. The zero-order valence-electron chi connectivity index (χ0n) is 19.8. The largest absolute Gasteiger partial charge is 0.354 e. The van der Waals surface area contributed by atoms with Crippen molar-refractivity contribution in [1.29, 1.82) is 0 Å². The van der Waals surface area contributed by atoms with E-state index in [2.05, 4.69) is 48.4 Å². The summed E-state index contributed by atoms with van der Waals surface area (Å²) < 4.78 is 24.4. The van der Waals surface area contributed by atoms with Crippen LogP contribution in [0.2, 0.25) is 0 Å². The minimum absolute atomic E-state index is 0.290. The number of anilines is 3. The van der Waals surface area contributed by atoms with Crippen LogP contribution in [0, 0.1) is 0 Å². The lowest BCUT2D eigenvalue weighted by molar-refractivity contribution is 0.312. The van der Waals surface area contributed by atoms with Crippen LogP contribution in [0.15, 0.2) is 67.6 Å². The highest BCUT2D eigenvalue weighted by molar-refractivity contribution is 7.70. The smallest absolute Gasteiger partial charge is 0.227 e. The summed E-state index contributed by atoms with van der Waals surface area (Å²) in [5.41, 5.74) is 3.83. The molecule has 1 aromatic carbocycles. The van der Waals surface area contributed by atoms with Gasteiger partial charge in [0.1, 0.15) is 11.3 Å². The number of benzene rings is 1. The van der Waals surface area contributed by atoms with Crippen LogP contribution in [0.25, 0.3) is 27.9 Å².